The first-order valence-corrected chi connectivity index (χ1v) is 5.11. The van der Waals surface area contributed by atoms with Gasteiger partial charge in [0.1, 0.15) is 0 Å². The van der Waals surface area contributed by atoms with Gasteiger partial charge in [-0.1, -0.05) is 11.6 Å². The number of carbonyl (C=O) groups excluding carboxylic acids is 1. The smallest absolute Gasteiger partial charge is 0.548 e. The van der Waals surface area contributed by atoms with Crippen molar-refractivity contribution in [3.8, 4) is 0 Å². The first-order chi connectivity index (χ1) is 7.58. The molecule has 1 heterocycles. The summed E-state index contributed by atoms with van der Waals surface area (Å²) in [6.45, 7) is 1.99. The number of nitrogens with two attached hydrogens (primary N) is 1. The van der Waals surface area contributed by atoms with Crippen molar-refractivity contribution in [2.75, 3.05) is 0 Å². The molecule has 0 spiro atoms. The van der Waals surface area contributed by atoms with Crippen LogP contribution in [0.4, 0.5) is 0 Å². The molecule has 5 heteroatoms. The number of aromatic nitrogens is 1. The molecule has 0 amide bonds. The number of aliphatic carboxylic acids is 1. The van der Waals surface area contributed by atoms with E-state index in [0.717, 1.165) is 22.0 Å². The number of carboxylic acids is 1. The summed E-state index contributed by atoms with van der Waals surface area (Å²) in [5.41, 5.74) is 8.50. The Hall–Kier alpha value is -0.810. The van der Waals surface area contributed by atoms with Crippen LogP contribution in [0.2, 0.25) is 0 Å². The molecule has 1 aromatic carbocycles. The average molecular weight is 240 g/mol. The summed E-state index contributed by atoms with van der Waals surface area (Å²) in [5.74, 6) is -1.22. The molecule has 2 aromatic rings. The molecule has 1 aromatic heterocycles. The van der Waals surface area contributed by atoms with E-state index in [9.17, 15) is 9.90 Å². The molecule has 1 atom stereocenters. The van der Waals surface area contributed by atoms with Gasteiger partial charge in [0.15, 0.2) is 0 Å². The Morgan fingerprint density at radius 3 is 2.88 bits per heavy atom. The zero-order chi connectivity index (χ0) is 11.7. The second-order valence-corrected chi connectivity index (χ2v) is 3.99. The number of aromatic amines is 1. The van der Waals surface area contributed by atoms with Gasteiger partial charge in [0.05, 0.1) is 5.97 Å². The van der Waals surface area contributed by atoms with Crippen molar-refractivity contribution in [1.82, 2.24) is 4.98 Å². The fraction of sp³-hybridized carbons (Fsp3) is 0.250. The Balaban J connectivity index is 0.00000144. The topological polar surface area (TPSA) is 81.9 Å². The number of rotatable bonds is 3. The van der Waals surface area contributed by atoms with Crippen LogP contribution >= 0.6 is 0 Å². The molecule has 17 heavy (non-hydrogen) atoms. The van der Waals surface area contributed by atoms with E-state index in [4.69, 9.17) is 5.73 Å². The van der Waals surface area contributed by atoms with E-state index in [1.807, 2.05) is 25.1 Å². The van der Waals surface area contributed by atoms with Gasteiger partial charge >= 0.3 is 29.6 Å². The van der Waals surface area contributed by atoms with Crippen LogP contribution in [0.3, 0.4) is 0 Å². The summed E-state index contributed by atoms with van der Waals surface area (Å²) in [7, 11) is 0. The maximum atomic E-state index is 10.6. The van der Waals surface area contributed by atoms with Gasteiger partial charge in [0, 0.05) is 23.1 Å². The summed E-state index contributed by atoms with van der Waals surface area (Å²) in [6.07, 6.45) is 2.08. The normalized spacial score (nSPS) is 12.1. The third-order valence-corrected chi connectivity index (χ3v) is 2.67. The van der Waals surface area contributed by atoms with Crippen molar-refractivity contribution in [3.63, 3.8) is 0 Å². The maximum Gasteiger partial charge on any atom is 1.00 e. The molecular weight excluding hydrogens is 227 g/mol. The third-order valence-electron chi connectivity index (χ3n) is 2.67. The van der Waals surface area contributed by atoms with Gasteiger partial charge < -0.3 is 20.6 Å². The van der Waals surface area contributed by atoms with Gasteiger partial charge in [-0.25, -0.2) is 0 Å². The van der Waals surface area contributed by atoms with Crippen molar-refractivity contribution >= 4 is 16.9 Å². The molecule has 0 fully saturated rings. The number of fused-ring (bicyclic) bond motifs is 1. The minimum absolute atomic E-state index is 0. The fourth-order valence-electron chi connectivity index (χ4n) is 1.78. The van der Waals surface area contributed by atoms with E-state index in [0.29, 0.717) is 0 Å². The van der Waals surface area contributed by atoms with Gasteiger partial charge in [-0.05, 0) is 31.0 Å². The molecule has 4 nitrogen and oxygen atoms in total. The summed E-state index contributed by atoms with van der Waals surface area (Å²) in [4.78, 5) is 13.7. The van der Waals surface area contributed by atoms with Crippen LogP contribution in [0.5, 0.6) is 0 Å². The van der Waals surface area contributed by atoms with Crippen LogP contribution in [0, 0.1) is 6.92 Å². The first-order valence-electron chi connectivity index (χ1n) is 5.11. The van der Waals surface area contributed by atoms with Crippen LogP contribution in [0.1, 0.15) is 11.1 Å². The molecule has 0 saturated heterocycles. The number of hydrogen-bond acceptors (Lipinski definition) is 3. The molecule has 0 bridgehead atoms. The second kappa shape index (κ2) is 5.69. The number of carboxylic acid groups (broad SMARTS) is 1. The molecule has 0 aliphatic heterocycles. The zero-order valence-electron chi connectivity index (χ0n) is 9.99. The SMILES string of the molecule is Cc1ccc2[nH]cc(C[C@@H](N)C(=O)[O-])c2c1.[Na+]. The Labute approximate surface area is 121 Å². The van der Waals surface area contributed by atoms with Crippen molar-refractivity contribution in [2.24, 2.45) is 5.73 Å². The van der Waals surface area contributed by atoms with Gasteiger partial charge in [0.2, 0.25) is 0 Å². The minimum atomic E-state index is -1.22. The minimum Gasteiger partial charge on any atom is -0.548 e. The van der Waals surface area contributed by atoms with Crippen molar-refractivity contribution in [1.29, 1.82) is 0 Å². The summed E-state index contributed by atoms with van der Waals surface area (Å²) >= 11 is 0. The maximum absolute atomic E-state index is 10.6. The molecule has 0 unspecified atom stereocenters. The molecule has 0 aliphatic carbocycles. The molecule has 84 valence electrons. The number of carbonyl (C=O) groups is 1. The van der Waals surface area contributed by atoms with Crippen LogP contribution in [-0.2, 0) is 11.2 Å². The monoisotopic (exact) mass is 240 g/mol. The molecule has 0 saturated carbocycles. The fourth-order valence-corrected chi connectivity index (χ4v) is 1.78. The third kappa shape index (κ3) is 3.10. The number of H-pyrrole nitrogens is 1. The van der Waals surface area contributed by atoms with Gasteiger partial charge in [-0.3, -0.25) is 0 Å². The summed E-state index contributed by atoms with van der Waals surface area (Å²) in [6, 6.07) is 5.03. The van der Waals surface area contributed by atoms with Crippen LogP contribution in [0.25, 0.3) is 10.9 Å². The molecule has 0 radical (unpaired) electrons. The molecule has 2 rings (SSSR count). The van der Waals surface area contributed by atoms with E-state index in [1.54, 1.807) is 6.20 Å². The van der Waals surface area contributed by atoms with E-state index in [-0.39, 0.29) is 36.0 Å². The standard InChI is InChI=1S/C12H14N2O2.Na/c1-7-2-3-11-9(4-7)8(6-14-11)5-10(13)12(15)16;/h2-4,6,10,14H,5,13H2,1H3,(H,15,16);/q;+1/p-1/t10-;/m1./s1. The van der Waals surface area contributed by atoms with E-state index >= 15 is 0 Å². The van der Waals surface area contributed by atoms with Crippen LogP contribution in [-0.4, -0.2) is 17.0 Å². The number of nitrogens with one attached hydrogen (secondary N) is 1. The van der Waals surface area contributed by atoms with Gasteiger partial charge in [-0.2, -0.15) is 0 Å². The number of aryl methyl sites for hydroxylation is 1. The zero-order valence-corrected chi connectivity index (χ0v) is 12.0. The number of hydrogen-bond donors (Lipinski definition) is 2. The average Bonchev–Trinajstić information content (AvgIpc) is 2.61. The van der Waals surface area contributed by atoms with Crippen LogP contribution in [0.15, 0.2) is 24.4 Å². The van der Waals surface area contributed by atoms with Crippen molar-refractivity contribution in [3.05, 3.63) is 35.5 Å². The predicted octanol–water partition coefficient (Wildman–Crippen LogP) is -2.90. The van der Waals surface area contributed by atoms with Gasteiger partial charge in [0.25, 0.3) is 0 Å². The van der Waals surface area contributed by atoms with Crippen molar-refractivity contribution in [2.45, 2.75) is 19.4 Å². The summed E-state index contributed by atoms with van der Waals surface area (Å²) in [5, 5.41) is 11.6. The molecular formula is C12H13N2NaO2. The number of benzene rings is 1. The van der Waals surface area contributed by atoms with Gasteiger partial charge in [-0.15, -0.1) is 0 Å². The Morgan fingerprint density at radius 2 is 2.24 bits per heavy atom. The van der Waals surface area contributed by atoms with E-state index in [1.165, 1.54) is 0 Å². The predicted molar refractivity (Wildman–Crippen MR) is 59.7 cm³/mol. The largest absolute Gasteiger partial charge is 1.00 e. The first kappa shape index (κ1) is 14.3. The van der Waals surface area contributed by atoms with E-state index < -0.39 is 12.0 Å². The Kier molecular flexibility index (Phi) is 4.77. The summed E-state index contributed by atoms with van der Waals surface area (Å²) < 4.78 is 0. The molecule has 0 aliphatic rings. The van der Waals surface area contributed by atoms with Crippen LogP contribution < -0.4 is 40.4 Å². The second-order valence-electron chi connectivity index (χ2n) is 3.99. The molecule has 3 N–H and O–H groups in total. The Bertz CT molecular complexity index is 536. The van der Waals surface area contributed by atoms with Crippen molar-refractivity contribution < 1.29 is 39.5 Å². The Morgan fingerprint density at radius 1 is 1.53 bits per heavy atom. The van der Waals surface area contributed by atoms with E-state index in [2.05, 4.69) is 4.98 Å². The quantitative estimate of drug-likeness (QED) is 0.565.